The maximum absolute atomic E-state index is 11.6. The maximum Gasteiger partial charge on any atom is 0.373 e. The highest BCUT2D eigenvalue weighted by molar-refractivity contribution is 6.01. The summed E-state index contributed by atoms with van der Waals surface area (Å²) >= 11 is 0. The molecule has 0 radical (unpaired) electrons. The Bertz CT molecular complexity index is 907. The van der Waals surface area contributed by atoms with Crippen LogP contribution in [0.5, 0.6) is 11.5 Å². The van der Waals surface area contributed by atoms with E-state index in [4.69, 9.17) is 19.2 Å². The van der Waals surface area contributed by atoms with Gasteiger partial charge in [-0.15, -0.1) is 0 Å². The van der Waals surface area contributed by atoms with Crippen LogP contribution in [0, 0.1) is 11.3 Å². The second kappa shape index (κ2) is 9.10. The molecule has 1 N–H and O–H groups in total. The lowest BCUT2D eigenvalue weighted by molar-refractivity contribution is -0.116. The van der Waals surface area contributed by atoms with Crippen LogP contribution in [0.4, 0.5) is 0 Å². The normalized spacial score (nSPS) is 10.7. The summed E-state index contributed by atoms with van der Waals surface area (Å²) in [4.78, 5) is 23.0. The summed E-state index contributed by atoms with van der Waals surface area (Å²) in [6, 6.07) is 9.91. The van der Waals surface area contributed by atoms with Crippen molar-refractivity contribution < 1.29 is 28.2 Å². The van der Waals surface area contributed by atoms with Crippen molar-refractivity contribution in [2.45, 2.75) is 6.61 Å². The van der Waals surface area contributed by atoms with Gasteiger partial charge in [0.15, 0.2) is 11.5 Å². The number of nitrogens with one attached hydrogen (secondary N) is 1. The van der Waals surface area contributed by atoms with Crippen LogP contribution in [0.3, 0.4) is 0 Å². The number of ether oxygens (including phenoxy) is 3. The first-order chi connectivity index (χ1) is 13.0. The Hall–Kier alpha value is -3.73. The Balaban J connectivity index is 2.15. The molecule has 2 aromatic rings. The number of hydrogen-bond donors (Lipinski definition) is 1. The molecule has 8 nitrogen and oxygen atoms in total. The third-order valence-corrected chi connectivity index (χ3v) is 3.51. The molecule has 0 aliphatic rings. The monoisotopic (exact) mass is 370 g/mol. The van der Waals surface area contributed by atoms with E-state index in [1.807, 2.05) is 6.07 Å². The Labute approximate surface area is 155 Å². The van der Waals surface area contributed by atoms with E-state index in [1.165, 1.54) is 33.4 Å². The molecule has 0 atom stereocenters. The molecule has 0 saturated carbocycles. The maximum atomic E-state index is 11.6. The Morgan fingerprint density at radius 2 is 2.00 bits per heavy atom. The summed E-state index contributed by atoms with van der Waals surface area (Å²) in [7, 11) is 4.19. The Morgan fingerprint density at radius 1 is 1.22 bits per heavy atom. The lowest BCUT2D eigenvalue weighted by Crippen LogP contribution is -2.19. The number of benzene rings is 1. The highest BCUT2D eigenvalue weighted by atomic mass is 16.5. The molecule has 8 heteroatoms. The van der Waals surface area contributed by atoms with Crippen LogP contribution in [0.25, 0.3) is 6.08 Å². The molecule has 1 aromatic heterocycles. The average Bonchev–Trinajstić information content (AvgIpc) is 3.18. The van der Waals surface area contributed by atoms with Crippen LogP contribution in [-0.4, -0.2) is 33.1 Å². The van der Waals surface area contributed by atoms with Crippen molar-refractivity contribution in [1.82, 2.24) is 5.32 Å². The smallest absolute Gasteiger partial charge is 0.373 e. The summed E-state index contributed by atoms with van der Waals surface area (Å²) in [5, 5.41) is 11.5. The van der Waals surface area contributed by atoms with Gasteiger partial charge >= 0.3 is 5.97 Å². The van der Waals surface area contributed by atoms with Gasteiger partial charge in [-0.3, -0.25) is 4.79 Å². The summed E-state index contributed by atoms with van der Waals surface area (Å²) < 4.78 is 20.9. The summed E-state index contributed by atoms with van der Waals surface area (Å²) in [6.07, 6.45) is 1.44. The quantitative estimate of drug-likeness (QED) is 0.452. The van der Waals surface area contributed by atoms with Crippen LogP contribution < -0.4 is 14.8 Å². The largest absolute Gasteiger partial charge is 0.493 e. The predicted molar refractivity (Wildman–Crippen MR) is 95.0 cm³/mol. The highest BCUT2D eigenvalue weighted by Gasteiger charge is 2.13. The van der Waals surface area contributed by atoms with Crippen LogP contribution in [-0.2, 0) is 16.1 Å². The van der Waals surface area contributed by atoms with Gasteiger partial charge in [-0.05, 0) is 35.9 Å². The second-order valence-electron chi connectivity index (χ2n) is 5.21. The van der Waals surface area contributed by atoms with Crippen molar-refractivity contribution >= 4 is 18.0 Å². The van der Waals surface area contributed by atoms with E-state index in [-0.39, 0.29) is 17.9 Å². The third kappa shape index (κ3) is 4.89. The van der Waals surface area contributed by atoms with Crippen molar-refractivity contribution in [3.8, 4) is 17.6 Å². The van der Waals surface area contributed by atoms with E-state index in [0.29, 0.717) is 22.8 Å². The number of rotatable bonds is 7. The minimum absolute atomic E-state index is 0.0286. The van der Waals surface area contributed by atoms with E-state index in [0.717, 1.165) is 0 Å². The number of nitrogens with zero attached hydrogens (tertiary/aromatic N) is 1. The molecule has 0 bridgehead atoms. The fourth-order valence-electron chi connectivity index (χ4n) is 2.16. The minimum atomic E-state index is -0.570. The molecule has 0 saturated heterocycles. The lowest BCUT2D eigenvalue weighted by Gasteiger charge is -2.10. The molecule has 1 heterocycles. The first-order valence-corrected chi connectivity index (χ1v) is 7.84. The third-order valence-electron chi connectivity index (χ3n) is 3.51. The molecule has 0 unspecified atom stereocenters. The topological polar surface area (TPSA) is 111 Å². The van der Waals surface area contributed by atoms with Gasteiger partial charge in [0.25, 0.3) is 5.91 Å². The summed E-state index contributed by atoms with van der Waals surface area (Å²) in [5.41, 5.74) is 0.574. The fourth-order valence-corrected chi connectivity index (χ4v) is 2.16. The molecule has 1 amide bonds. The number of carbonyl (C=O) groups excluding carboxylic acids is 2. The van der Waals surface area contributed by atoms with Crippen LogP contribution >= 0.6 is 0 Å². The number of hydrogen-bond acceptors (Lipinski definition) is 7. The number of furan rings is 1. The number of carbonyl (C=O) groups is 2. The van der Waals surface area contributed by atoms with E-state index in [1.54, 1.807) is 24.3 Å². The Kier molecular flexibility index (Phi) is 6.61. The molecule has 27 heavy (non-hydrogen) atoms. The molecule has 140 valence electrons. The zero-order valence-electron chi connectivity index (χ0n) is 15.1. The molecule has 0 aliphatic heterocycles. The zero-order valence-corrected chi connectivity index (χ0v) is 15.1. The van der Waals surface area contributed by atoms with Gasteiger partial charge in [0.1, 0.15) is 24.0 Å². The Morgan fingerprint density at radius 3 is 2.63 bits per heavy atom. The van der Waals surface area contributed by atoms with Crippen LogP contribution in [0.1, 0.15) is 21.9 Å². The zero-order chi connectivity index (χ0) is 19.8. The molecule has 0 aliphatic carbocycles. The fraction of sp³-hybridized carbons (Fsp3) is 0.211. The molecule has 0 spiro atoms. The van der Waals surface area contributed by atoms with Crippen LogP contribution in [0.2, 0.25) is 0 Å². The first kappa shape index (κ1) is 19.6. The van der Waals surface area contributed by atoms with E-state index >= 15 is 0 Å². The standard InChI is InChI=1S/C19H18N2O6/c1-21-18(22)13(10-20)8-12-4-6-15(17(9-12)24-2)26-11-14-5-7-16(27-14)19(23)25-3/h4-9H,11H2,1-3H3,(H,21,22). The SMILES string of the molecule is CNC(=O)C(C#N)=Cc1ccc(OCc2ccc(C(=O)OC)o2)c(OC)c1. The van der Waals surface area contributed by atoms with Crippen molar-refractivity contribution in [2.24, 2.45) is 0 Å². The number of nitriles is 1. The first-order valence-electron chi connectivity index (χ1n) is 7.84. The van der Waals surface area contributed by atoms with Gasteiger partial charge in [-0.2, -0.15) is 5.26 Å². The molecule has 1 aromatic carbocycles. The van der Waals surface area contributed by atoms with E-state index < -0.39 is 11.9 Å². The van der Waals surface area contributed by atoms with Gasteiger partial charge in [-0.1, -0.05) is 6.07 Å². The molecular formula is C19H18N2O6. The molecule has 2 rings (SSSR count). The van der Waals surface area contributed by atoms with Crippen molar-refractivity contribution in [3.63, 3.8) is 0 Å². The van der Waals surface area contributed by atoms with Gasteiger partial charge in [0.05, 0.1) is 14.2 Å². The molecule has 0 fully saturated rings. The average molecular weight is 370 g/mol. The highest BCUT2D eigenvalue weighted by Crippen LogP contribution is 2.30. The number of likely N-dealkylation sites (N-methyl/N-ethyl adjacent to an activating group) is 1. The second-order valence-corrected chi connectivity index (χ2v) is 5.21. The van der Waals surface area contributed by atoms with Crippen molar-refractivity contribution in [1.29, 1.82) is 5.26 Å². The number of methoxy groups -OCH3 is 2. The summed E-state index contributed by atoms with van der Waals surface area (Å²) in [6.45, 7) is 0.0736. The minimum Gasteiger partial charge on any atom is -0.493 e. The van der Waals surface area contributed by atoms with E-state index in [9.17, 15) is 9.59 Å². The molecular weight excluding hydrogens is 352 g/mol. The van der Waals surface area contributed by atoms with Crippen molar-refractivity contribution in [3.05, 3.63) is 53.0 Å². The van der Waals surface area contributed by atoms with Gasteiger partial charge in [0.2, 0.25) is 5.76 Å². The van der Waals surface area contributed by atoms with Crippen LogP contribution in [0.15, 0.2) is 40.3 Å². The number of amides is 1. The summed E-state index contributed by atoms with van der Waals surface area (Å²) in [5.74, 6) is 0.326. The predicted octanol–water partition coefficient (Wildman–Crippen LogP) is 2.31. The van der Waals surface area contributed by atoms with E-state index in [2.05, 4.69) is 10.1 Å². The van der Waals surface area contributed by atoms with Gasteiger partial charge < -0.3 is 23.9 Å². The van der Waals surface area contributed by atoms with Gasteiger partial charge in [0, 0.05) is 7.05 Å². The van der Waals surface area contributed by atoms with Gasteiger partial charge in [-0.25, -0.2) is 4.79 Å². The number of esters is 1. The lowest BCUT2D eigenvalue weighted by atomic mass is 10.1. The van der Waals surface area contributed by atoms with Crippen molar-refractivity contribution in [2.75, 3.05) is 21.3 Å².